The van der Waals surface area contributed by atoms with Gasteiger partial charge in [-0.2, -0.15) is 0 Å². The lowest BCUT2D eigenvalue weighted by Gasteiger charge is -2.07. The van der Waals surface area contributed by atoms with Gasteiger partial charge in [0.05, 0.1) is 11.1 Å². The molecule has 4 heteroatoms. The van der Waals surface area contributed by atoms with E-state index in [1.807, 2.05) is 0 Å². The second-order valence-corrected chi connectivity index (χ2v) is 4.09. The highest BCUT2D eigenvalue weighted by Gasteiger charge is 2.09. The molecular weight excluding hydrogens is 256 g/mol. The Kier molecular flexibility index (Phi) is 3.54. The lowest BCUT2D eigenvalue weighted by molar-refractivity contribution is 0.0686. The average molecular weight is 266 g/mol. The molecule has 0 unspecified atom stereocenters. The molecule has 98 valence electrons. The van der Waals surface area contributed by atoms with Crippen LogP contribution >= 0.6 is 0 Å². The van der Waals surface area contributed by atoms with Crippen molar-refractivity contribution in [2.75, 3.05) is 0 Å². The molecule has 0 saturated heterocycles. The number of rotatable bonds is 3. The normalized spacial score (nSPS) is 9.75. The Labute approximate surface area is 115 Å². The molecule has 0 heterocycles. The van der Waals surface area contributed by atoms with Gasteiger partial charge in [-0.25, -0.2) is 9.59 Å². The van der Waals surface area contributed by atoms with Gasteiger partial charge in [-0.05, 0) is 35.4 Å². The van der Waals surface area contributed by atoms with Gasteiger partial charge in [0.1, 0.15) is 0 Å². The predicted octanol–water partition coefficient (Wildman–Crippen LogP) is 2.73. The summed E-state index contributed by atoms with van der Waals surface area (Å²) >= 11 is 0. The Hall–Kier alpha value is -3.06. The minimum atomic E-state index is -1.05. The molecule has 0 spiro atoms. The van der Waals surface area contributed by atoms with Crippen molar-refractivity contribution >= 4 is 11.9 Å². The van der Waals surface area contributed by atoms with Gasteiger partial charge in [0.25, 0.3) is 0 Å². The maximum atomic E-state index is 10.9. The van der Waals surface area contributed by atoms with E-state index < -0.39 is 11.9 Å². The van der Waals surface area contributed by atoms with Crippen LogP contribution in [0.3, 0.4) is 0 Å². The minimum absolute atomic E-state index is 0.115. The van der Waals surface area contributed by atoms with E-state index in [-0.39, 0.29) is 11.1 Å². The van der Waals surface area contributed by atoms with Gasteiger partial charge in [-0.3, -0.25) is 0 Å². The van der Waals surface area contributed by atoms with E-state index in [0.717, 1.165) is 5.56 Å². The minimum Gasteiger partial charge on any atom is -0.478 e. The molecule has 2 N–H and O–H groups in total. The van der Waals surface area contributed by atoms with E-state index >= 15 is 0 Å². The summed E-state index contributed by atoms with van der Waals surface area (Å²) in [4.78, 5) is 21.7. The topological polar surface area (TPSA) is 74.6 Å². The van der Waals surface area contributed by atoms with E-state index in [2.05, 4.69) is 5.92 Å². The van der Waals surface area contributed by atoms with Crippen LogP contribution in [0.4, 0.5) is 0 Å². The molecule has 0 aromatic heterocycles. The summed E-state index contributed by atoms with van der Waals surface area (Å²) in [6.45, 7) is 0. The van der Waals surface area contributed by atoms with Crippen molar-refractivity contribution in [3.8, 4) is 23.5 Å². The van der Waals surface area contributed by atoms with Crippen LogP contribution in [0.1, 0.15) is 26.3 Å². The maximum absolute atomic E-state index is 10.9. The summed E-state index contributed by atoms with van der Waals surface area (Å²) in [5.41, 5.74) is 2.17. The number of benzene rings is 2. The molecule has 4 nitrogen and oxygen atoms in total. The van der Waals surface area contributed by atoms with Crippen LogP contribution in [-0.4, -0.2) is 22.2 Å². The molecule has 0 aliphatic heterocycles. The molecule has 0 fully saturated rings. The molecule has 0 radical (unpaired) electrons. The summed E-state index contributed by atoms with van der Waals surface area (Å²) in [5.74, 6) is 0.395. The van der Waals surface area contributed by atoms with Gasteiger partial charge in [0.2, 0.25) is 0 Å². The van der Waals surface area contributed by atoms with Crippen LogP contribution in [-0.2, 0) is 0 Å². The maximum Gasteiger partial charge on any atom is 0.335 e. The van der Waals surface area contributed by atoms with Gasteiger partial charge in [-0.1, -0.05) is 24.1 Å². The first-order valence-electron chi connectivity index (χ1n) is 5.70. The quantitative estimate of drug-likeness (QED) is 0.838. The van der Waals surface area contributed by atoms with Crippen molar-refractivity contribution in [2.45, 2.75) is 0 Å². The average Bonchev–Trinajstić information content (AvgIpc) is 2.46. The van der Waals surface area contributed by atoms with Crippen molar-refractivity contribution in [3.63, 3.8) is 0 Å². The Morgan fingerprint density at radius 1 is 0.900 bits per heavy atom. The van der Waals surface area contributed by atoms with Crippen molar-refractivity contribution in [1.29, 1.82) is 0 Å². The molecule has 0 atom stereocenters. The fourth-order valence-electron chi connectivity index (χ4n) is 1.84. The highest BCUT2D eigenvalue weighted by Crippen LogP contribution is 2.25. The van der Waals surface area contributed by atoms with Crippen LogP contribution in [0, 0.1) is 12.3 Å². The SMILES string of the molecule is C#Cc1cc(C(=O)O)ccc1-c1ccc(C(=O)O)cc1. The van der Waals surface area contributed by atoms with Gasteiger partial charge in [0, 0.05) is 5.56 Å². The van der Waals surface area contributed by atoms with E-state index in [1.165, 1.54) is 24.3 Å². The third kappa shape index (κ3) is 2.52. The molecule has 2 rings (SSSR count). The van der Waals surface area contributed by atoms with Crippen LogP contribution in [0.25, 0.3) is 11.1 Å². The van der Waals surface area contributed by atoms with Gasteiger partial charge in [0.15, 0.2) is 0 Å². The summed E-state index contributed by atoms with van der Waals surface area (Å²) in [5, 5.41) is 17.8. The van der Waals surface area contributed by atoms with Gasteiger partial charge < -0.3 is 10.2 Å². The molecule has 0 amide bonds. The van der Waals surface area contributed by atoms with Gasteiger partial charge >= 0.3 is 11.9 Å². The van der Waals surface area contributed by atoms with Crippen LogP contribution in [0.2, 0.25) is 0 Å². The van der Waals surface area contributed by atoms with Crippen molar-refractivity contribution in [3.05, 3.63) is 59.2 Å². The monoisotopic (exact) mass is 266 g/mol. The Morgan fingerprint density at radius 3 is 1.95 bits per heavy atom. The number of aromatic carboxylic acids is 2. The fourth-order valence-corrected chi connectivity index (χ4v) is 1.84. The number of carboxylic acids is 2. The Morgan fingerprint density at radius 2 is 1.45 bits per heavy atom. The largest absolute Gasteiger partial charge is 0.478 e. The van der Waals surface area contributed by atoms with E-state index in [1.54, 1.807) is 18.2 Å². The van der Waals surface area contributed by atoms with Crippen molar-refractivity contribution < 1.29 is 19.8 Å². The summed E-state index contributed by atoms with van der Waals surface area (Å²) in [6.07, 6.45) is 5.40. The summed E-state index contributed by atoms with van der Waals surface area (Å²) < 4.78 is 0. The molecule has 0 aliphatic rings. The van der Waals surface area contributed by atoms with Crippen molar-refractivity contribution in [2.24, 2.45) is 0 Å². The molecule has 0 bridgehead atoms. The van der Waals surface area contributed by atoms with E-state index in [4.69, 9.17) is 16.6 Å². The standard InChI is InChI=1S/C16H10O4/c1-2-10-9-13(16(19)20)7-8-14(10)11-3-5-12(6-4-11)15(17)18/h1,3-9H,(H,17,18)(H,19,20). The Balaban J connectivity index is 2.50. The third-order valence-corrected chi connectivity index (χ3v) is 2.86. The number of hydrogen-bond donors (Lipinski definition) is 2. The van der Waals surface area contributed by atoms with Crippen LogP contribution in [0.5, 0.6) is 0 Å². The van der Waals surface area contributed by atoms with Crippen molar-refractivity contribution in [1.82, 2.24) is 0 Å². The zero-order valence-corrected chi connectivity index (χ0v) is 10.3. The second kappa shape index (κ2) is 5.29. The molecule has 20 heavy (non-hydrogen) atoms. The zero-order valence-electron chi connectivity index (χ0n) is 10.3. The number of terminal acetylenes is 1. The van der Waals surface area contributed by atoms with E-state index in [0.29, 0.717) is 11.1 Å². The number of carboxylic acid groups (broad SMARTS) is 2. The number of hydrogen-bond acceptors (Lipinski definition) is 2. The summed E-state index contributed by atoms with van der Waals surface area (Å²) in [6, 6.07) is 10.7. The zero-order chi connectivity index (χ0) is 14.7. The molecule has 0 aliphatic carbocycles. The summed E-state index contributed by atoms with van der Waals surface area (Å²) in [7, 11) is 0. The first-order chi connectivity index (χ1) is 9.52. The number of carbonyl (C=O) groups is 2. The highest BCUT2D eigenvalue weighted by molar-refractivity contribution is 5.90. The van der Waals surface area contributed by atoms with E-state index in [9.17, 15) is 9.59 Å². The highest BCUT2D eigenvalue weighted by atomic mass is 16.4. The first kappa shape index (κ1) is 13.4. The lowest BCUT2D eigenvalue weighted by atomic mass is 9.97. The third-order valence-electron chi connectivity index (χ3n) is 2.86. The predicted molar refractivity (Wildman–Crippen MR) is 73.7 cm³/mol. The van der Waals surface area contributed by atoms with Crippen LogP contribution < -0.4 is 0 Å². The molecule has 2 aromatic rings. The van der Waals surface area contributed by atoms with Crippen LogP contribution in [0.15, 0.2) is 42.5 Å². The fraction of sp³-hybridized carbons (Fsp3) is 0. The molecule has 2 aromatic carbocycles. The Bertz CT molecular complexity index is 721. The lowest BCUT2D eigenvalue weighted by Crippen LogP contribution is -1.98. The smallest absolute Gasteiger partial charge is 0.335 e. The van der Waals surface area contributed by atoms with Gasteiger partial charge in [-0.15, -0.1) is 6.42 Å². The molecular formula is C16H10O4. The molecule has 0 saturated carbocycles. The second-order valence-electron chi connectivity index (χ2n) is 4.09. The first-order valence-corrected chi connectivity index (χ1v) is 5.70.